The average molecular weight is 299 g/mol. The van der Waals surface area contributed by atoms with Gasteiger partial charge in [-0.1, -0.05) is 34.6 Å². The molecule has 0 aliphatic rings. The first-order valence-electron chi connectivity index (χ1n) is 7.95. The van der Waals surface area contributed by atoms with Gasteiger partial charge in [0.2, 0.25) is 5.91 Å². The van der Waals surface area contributed by atoms with Crippen molar-refractivity contribution in [1.82, 2.24) is 10.6 Å². The molecule has 0 spiro atoms. The van der Waals surface area contributed by atoms with E-state index >= 15 is 0 Å². The minimum atomic E-state index is -0.448. The first-order valence-corrected chi connectivity index (χ1v) is 7.95. The van der Waals surface area contributed by atoms with E-state index in [2.05, 4.69) is 10.6 Å². The third-order valence-electron chi connectivity index (χ3n) is 3.24. The van der Waals surface area contributed by atoms with Gasteiger partial charge < -0.3 is 16.4 Å². The molecule has 0 aromatic rings. The Labute approximate surface area is 129 Å². The van der Waals surface area contributed by atoms with Gasteiger partial charge in [-0.25, -0.2) is 0 Å². The van der Waals surface area contributed by atoms with Crippen LogP contribution >= 0.6 is 0 Å². The zero-order valence-electron chi connectivity index (χ0n) is 14.3. The molecule has 1 atom stereocenters. The summed E-state index contributed by atoms with van der Waals surface area (Å²) in [5.41, 5.74) is 5.04. The molecule has 0 fully saturated rings. The maximum absolute atomic E-state index is 12.4. The maximum atomic E-state index is 12.4. The average Bonchev–Trinajstić information content (AvgIpc) is 2.35. The van der Waals surface area contributed by atoms with Crippen molar-refractivity contribution in [2.24, 2.45) is 11.1 Å². The molecule has 5 heteroatoms. The molecule has 1 amide bonds. The van der Waals surface area contributed by atoms with Gasteiger partial charge in [0.05, 0.1) is 6.04 Å². The molecule has 0 bridgehead atoms. The molecule has 0 radical (unpaired) electrons. The van der Waals surface area contributed by atoms with Crippen LogP contribution < -0.4 is 16.4 Å². The topological polar surface area (TPSA) is 84.2 Å². The Hall–Kier alpha value is -0.940. The van der Waals surface area contributed by atoms with Crippen LogP contribution in [0.15, 0.2) is 0 Å². The number of unbranched alkanes of at least 4 members (excludes halogenated alkanes) is 1. The van der Waals surface area contributed by atoms with E-state index in [-0.39, 0.29) is 11.7 Å². The van der Waals surface area contributed by atoms with Crippen LogP contribution in [0.1, 0.15) is 60.3 Å². The quantitative estimate of drug-likeness (QED) is 0.535. The fraction of sp³-hybridized carbons (Fsp3) is 0.875. The number of nitrogens with two attached hydrogens (primary N) is 1. The first kappa shape index (κ1) is 20.1. The van der Waals surface area contributed by atoms with Crippen molar-refractivity contribution in [2.75, 3.05) is 13.1 Å². The van der Waals surface area contributed by atoms with Gasteiger partial charge in [0.15, 0.2) is 5.78 Å². The van der Waals surface area contributed by atoms with Crippen LogP contribution in [0.2, 0.25) is 0 Å². The van der Waals surface area contributed by atoms with E-state index < -0.39 is 11.5 Å². The molecule has 0 unspecified atom stereocenters. The highest BCUT2D eigenvalue weighted by atomic mass is 16.2. The van der Waals surface area contributed by atoms with Crippen molar-refractivity contribution in [3.05, 3.63) is 0 Å². The molecular formula is C16H33N3O2. The van der Waals surface area contributed by atoms with Crippen molar-refractivity contribution in [3.8, 4) is 0 Å². The molecule has 5 nitrogen and oxygen atoms in total. The zero-order valence-corrected chi connectivity index (χ0v) is 14.3. The van der Waals surface area contributed by atoms with Gasteiger partial charge in [0, 0.05) is 24.4 Å². The fourth-order valence-electron chi connectivity index (χ4n) is 2.03. The number of carbonyl (C=O) groups excluding carboxylic acids is 2. The summed E-state index contributed by atoms with van der Waals surface area (Å²) in [4.78, 5) is 24.4. The molecule has 0 saturated carbocycles. The van der Waals surface area contributed by atoms with Crippen LogP contribution in [-0.4, -0.2) is 36.9 Å². The second-order valence-electron chi connectivity index (χ2n) is 6.88. The van der Waals surface area contributed by atoms with Gasteiger partial charge in [-0.15, -0.1) is 0 Å². The Morgan fingerprint density at radius 1 is 1.14 bits per heavy atom. The normalized spacial score (nSPS) is 13.3. The van der Waals surface area contributed by atoms with Gasteiger partial charge in [-0.2, -0.15) is 0 Å². The van der Waals surface area contributed by atoms with E-state index in [4.69, 9.17) is 5.73 Å². The van der Waals surface area contributed by atoms with Gasteiger partial charge in [0.25, 0.3) is 0 Å². The van der Waals surface area contributed by atoms with E-state index in [1.54, 1.807) is 0 Å². The molecule has 0 rings (SSSR count). The zero-order chi connectivity index (χ0) is 16.5. The third kappa shape index (κ3) is 9.58. The van der Waals surface area contributed by atoms with Gasteiger partial charge in [-0.05, 0) is 25.8 Å². The van der Waals surface area contributed by atoms with Crippen LogP contribution in [0.25, 0.3) is 0 Å². The minimum absolute atomic E-state index is 0.0708. The number of hydrogen-bond acceptors (Lipinski definition) is 4. The summed E-state index contributed by atoms with van der Waals surface area (Å²) >= 11 is 0. The number of hydrogen-bond donors (Lipinski definition) is 3. The van der Waals surface area contributed by atoms with Gasteiger partial charge in [0.1, 0.15) is 0 Å². The Morgan fingerprint density at radius 2 is 1.76 bits per heavy atom. The molecular weight excluding hydrogens is 266 g/mol. The Morgan fingerprint density at radius 3 is 2.24 bits per heavy atom. The van der Waals surface area contributed by atoms with Crippen LogP contribution in [0.5, 0.6) is 0 Å². The predicted molar refractivity (Wildman–Crippen MR) is 87.1 cm³/mol. The van der Waals surface area contributed by atoms with Crippen molar-refractivity contribution in [1.29, 1.82) is 0 Å². The highest BCUT2D eigenvalue weighted by Crippen LogP contribution is 2.19. The molecule has 0 aliphatic heterocycles. The summed E-state index contributed by atoms with van der Waals surface area (Å²) in [6, 6.07) is -0.0440. The predicted octanol–water partition coefficient (Wildman–Crippen LogP) is 1.60. The highest BCUT2D eigenvalue weighted by molar-refractivity contribution is 5.92. The second-order valence-corrected chi connectivity index (χ2v) is 6.88. The van der Waals surface area contributed by atoms with Crippen molar-refractivity contribution < 1.29 is 9.59 Å². The molecule has 0 saturated heterocycles. The standard InChI is InChI=1S/C16H33N3O2/c1-12(2)18-11-9-14(20)19-13(8-6-7-10-17)15(21)16(3,4)5/h12-13,18H,6-11,17H2,1-5H3,(H,19,20)/t13-/m0/s1. The number of amides is 1. The van der Waals surface area contributed by atoms with E-state index in [9.17, 15) is 9.59 Å². The molecule has 4 N–H and O–H groups in total. The summed E-state index contributed by atoms with van der Waals surface area (Å²) in [5, 5.41) is 6.09. The van der Waals surface area contributed by atoms with Gasteiger partial charge >= 0.3 is 0 Å². The first-order chi connectivity index (χ1) is 9.68. The van der Waals surface area contributed by atoms with E-state index in [1.807, 2.05) is 34.6 Å². The third-order valence-corrected chi connectivity index (χ3v) is 3.24. The number of nitrogens with one attached hydrogen (secondary N) is 2. The number of carbonyl (C=O) groups is 2. The molecule has 0 heterocycles. The largest absolute Gasteiger partial charge is 0.346 e. The lowest BCUT2D eigenvalue weighted by Gasteiger charge is -2.25. The van der Waals surface area contributed by atoms with E-state index in [1.165, 1.54) is 0 Å². The molecule has 124 valence electrons. The Bertz CT molecular complexity index is 322. The lowest BCUT2D eigenvalue weighted by molar-refractivity contribution is -0.132. The van der Waals surface area contributed by atoms with E-state index in [0.29, 0.717) is 32.0 Å². The van der Waals surface area contributed by atoms with Crippen molar-refractivity contribution >= 4 is 11.7 Å². The maximum Gasteiger partial charge on any atom is 0.221 e. The minimum Gasteiger partial charge on any atom is -0.346 e. The highest BCUT2D eigenvalue weighted by Gasteiger charge is 2.30. The smallest absolute Gasteiger partial charge is 0.221 e. The van der Waals surface area contributed by atoms with Crippen LogP contribution in [0.3, 0.4) is 0 Å². The summed E-state index contributed by atoms with van der Waals surface area (Å²) in [5.74, 6) is 0.0168. The lowest BCUT2D eigenvalue weighted by Crippen LogP contribution is -2.46. The van der Waals surface area contributed by atoms with Crippen LogP contribution in [0.4, 0.5) is 0 Å². The van der Waals surface area contributed by atoms with Crippen molar-refractivity contribution in [2.45, 2.75) is 72.4 Å². The molecule has 21 heavy (non-hydrogen) atoms. The number of ketones is 1. The summed E-state index contributed by atoms with van der Waals surface area (Å²) in [6.45, 7) is 11.0. The SMILES string of the molecule is CC(C)NCCC(=O)N[C@@H](CCCCN)C(=O)C(C)(C)C. The summed E-state index contributed by atoms with van der Waals surface area (Å²) in [7, 11) is 0. The van der Waals surface area contributed by atoms with E-state index in [0.717, 1.165) is 12.8 Å². The molecule has 0 aromatic carbocycles. The van der Waals surface area contributed by atoms with Crippen LogP contribution in [0, 0.1) is 5.41 Å². The molecule has 0 aliphatic carbocycles. The number of rotatable bonds is 10. The van der Waals surface area contributed by atoms with Crippen molar-refractivity contribution in [3.63, 3.8) is 0 Å². The Balaban J connectivity index is 4.45. The second kappa shape index (κ2) is 9.90. The Kier molecular flexibility index (Phi) is 9.46. The van der Waals surface area contributed by atoms with Gasteiger partial charge in [-0.3, -0.25) is 9.59 Å². The summed E-state index contributed by atoms with van der Waals surface area (Å²) in [6.07, 6.45) is 2.78. The lowest BCUT2D eigenvalue weighted by atomic mass is 9.84. The monoisotopic (exact) mass is 299 g/mol. The van der Waals surface area contributed by atoms with Crippen LogP contribution in [-0.2, 0) is 9.59 Å². The summed E-state index contributed by atoms with van der Waals surface area (Å²) < 4.78 is 0. The number of Topliss-reactive ketones (excluding diaryl/α,β-unsaturated/α-hetero) is 1. The molecule has 0 aromatic heterocycles. The fourth-order valence-corrected chi connectivity index (χ4v) is 2.03.